The van der Waals surface area contributed by atoms with E-state index >= 15 is 0 Å². The third-order valence-electron chi connectivity index (χ3n) is 6.29. The first-order chi connectivity index (χ1) is 13.2. The summed E-state index contributed by atoms with van der Waals surface area (Å²) in [4.78, 5) is 5.23. The Balaban J connectivity index is 1.40. The molecule has 4 rings (SSSR count). The number of benzene rings is 1. The molecule has 2 heterocycles. The highest BCUT2D eigenvalue weighted by molar-refractivity contribution is 6.30. The minimum Gasteiger partial charge on any atom is -0.489 e. The van der Waals surface area contributed by atoms with Crippen LogP contribution in [-0.4, -0.2) is 66.4 Å². The van der Waals surface area contributed by atoms with Crippen LogP contribution >= 0.6 is 11.6 Å². The van der Waals surface area contributed by atoms with Gasteiger partial charge in [0.15, 0.2) is 0 Å². The fourth-order valence-corrected chi connectivity index (χ4v) is 5.13. The second kappa shape index (κ2) is 8.95. The Kier molecular flexibility index (Phi) is 6.39. The number of ether oxygens (including phenoxy) is 1. The first-order valence-electron chi connectivity index (χ1n) is 10.4. The summed E-state index contributed by atoms with van der Waals surface area (Å²) in [6.45, 7) is 5.12. The number of hydrogen-bond acceptors (Lipinski definition) is 4. The van der Waals surface area contributed by atoms with Gasteiger partial charge in [-0.25, -0.2) is 0 Å². The third-order valence-corrected chi connectivity index (χ3v) is 6.52. The van der Waals surface area contributed by atoms with Gasteiger partial charge in [0.1, 0.15) is 12.4 Å². The molecule has 1 saturated carbocycles. The molecule has 3 aliphatic rings. The van der Waals surface area contributed by atoms with Gasteiger partial charge < -0.3 is 9.84 Å². The summed E-state index contributed by atoms with van der Waals surface area (Å²) in [5, 5.41) is 10.3. The van der Waals surface area contributed by atoms with Gasteiger partial charge in [-0.05, 0) is 49.1 Å². The molecule has 1 aromatic rings. The standard InChI is InChI=1S/C22H31ClN2O2/c23-19-6-7-22-18(13-19)12-17(16-27-22)14-24-9-10-25(21(15-24)8-11-26)20-4-2-1-3-5-20/h6-7,12-13,20-21,26H,1-5,8-11,14-16H2/t21-/m1/s1. The molecule has 4 nitrogen and oxygen atoms in total. The van der Waals surface area contributed by atoms with Crippen molar-refractivity contribution in [2.75, 3.05) is 39.4 Å². The zero-order valence-electron chi connectivity index (χ0n) is 16.1. The summed E-state index contributed by atoms with van der Waals surface area (Å²) in [7, 11) is 0. The number of piperazine rings is 1. The van der Waals surface area contributed by atoms with Gasteiger partial charge in [0.2, 0.25) is 0 Å². The van der Waals surface area contributed by atoms with E-state index in [2.05, 4.69) is 15.9 Å². The molecule has 2 aliphatic heterocycles. The van der Waals surface area contributed by atoms with Crippen molar-refractivity contribution in [2.45, 2.75) is 50.6 Å². The van der Waals surface area contributed by atoms with Crippen LogP contribution in [0.2, 0.25) is 5.02 Å². The molecule has 1 aromatic carbocycles. The molecule has 1 N–H and O–H groups in total. The van der Waals surface area contributed by atoms with E-state index in [-0.39, 0.29) is 6.61 Å². The Labute approximate surface area is 167 Å². The Morgan fingerprint density at radius 3 is 2.81 bits per heavy atom. The zero-order valence-corrected chi connectivity index (χ0v) is 16.8. The van der Waals surface area contributed by atoms with Crippen LogP contribution in [0.5, 0.6) is 5.75 Å². The van der Waals surface area contributed by atoms with Gasteiger partial charge in [0, 0.05) is 55.5 Å². The zero-order chi connectivity index (χ0) is 18.6. The van der Waals surface area contributed by atoms with Crippen molar-refractivity contribution in [3.8, 4) is 5.75 Å². The number of aliphatic hydroxyl groups excluding tert-OH is 1. The molecule has 0 spiro atoms. The lowest BCUT2D eigenvalue weighted by molar-refractivity contribution is 0.0192. The fourth-order valence-electron chi connectivity index (χ4n) is 4.95. The minimum atomic E-state index is 0.277. The van der Waals surface area contributed by atoms with E-state index in [0.29, 0.717) is 12.6 Å². The topological polar surface area (TPSA) is 35.9 Å². The van der Waals surface area contributed by atoms with E-state index in [1.54, 1.807) is 0 Å². The van der Waals surface area contributed by atoms with Gasteiger partial charge in [-0.15, -0.1) is 0 Å². The van der Waals surface area contributed by atoms with Gasteiger partial charge >= 0.3 is 0 Å². The van der Waals surface area contributed by atoms with Crippen LogP contribution < -0.4 is 4.74 Å². The van der Waals surface area contributed by atoms with Crippen LogP contribution in [0.25, 0.3) is 6.08 Å². The highest BCUT2D eigenvalue weighted by Crippen LogP contribution is 2.30. The molecule has 1 saturated heterocycles. The number of hydrogen-bond donors (Lipinski definition) is 1. The molecular formula is C22H31ClN2O2. The normalized spacial score (nSPS) is 25.0. The van der Waals surface area contributed by atoms with Gasteiger partial charge in [-0.1, -0.05) is 30.9 Å². The van der Waals surface area contributed by atoms with E-state index in [0.717, 1.165) is 55.0 Å². The van der Waals surface area contributed by atoms with Crippen molar-refractivity contribution in [3.05, 3.63) is 34.4 Å². The van der Waals surface area contributed by atoms with E-state index in [1.807, 2.05) is 18.2 Å². The van der Waals surface area contributed by atoms with Crippen molar-refractivity contribution in [3.63, 3.8) is 0 Å². The molecule has 27 heavy (non-hydrogen) atoms. The molecule has 0 aromatic heterocycles. The second-order valence-electron chi connectivity index (χ2n) is 8.20. The van der Waals surface area contributed by atoms with E-state index < -0.39 is 0 Å². The molecule has 148 valence electrons. The Morgan fingerprint density at radius 2 is 2.00 bits per heavy atom. The minimum absolute atomic E-state index is 0.277. The van der Waals surface area contributed by atoms with E-state index in [4.69, 9.17) is 16.3 Å². The monoisotopic (exact) mass is 390 g/mol. The van der Waals surface area contributed by atoms with E-state index in [9.17, 15) is 5.11 Å². The maximum Gasteiger partial charge on any atom is 0.127 e. The Bertz CT molecular complexity index is 672. The highest BCUT2D eigenvalue weighted by Gasteiger charge is 2.32. The molecule has 5 heteroatoms. The van der Waals surface area contributed by atoms with E-state index in [1.165, 1.54) is 37.7 Å². The lowest BCUT2D eigenvalue weighted by Crippen LogP contribution is -2.57. The second-order valence-corrected chi connectivity index (χ2v) is 8.64. The highest BCUT2D eigenvalue weighted by atomic mass is 35.5. The molecule has 0 amide bonds. The molecule has 0 bridgehead atoms. The number of halogens is 1. The molecule has 1 atom stereocenters. The first kappa shape index (κ1) is 19.3. The number of nitrogens with zero attached hydrogens (tertiary/aromatic N) is 2. The SMILES string of the molecule is OCC[C@@H]1CN(CC2=Cc3cc(Cl)ccc3OC2)CCN1C1CCCCC1. The summed E-state index contributed by atoms with van der Waals surface area (Å²) in [6.07, 6.45) is 9.89. The average molecular weight is 391 g/mol. The first-order valence-corrected chi connectivity index (χ1v) is 10.8. The van der Waals surface area contributed by atoms with Gasteiger partial charge in [-0.3, -0.25) is 9.80 Å². The van der Waals surface area contributed by atoms with Crippen LogP contribution in [-0.2, 0) is 0 Å². The molecule has 1 aliphatic carbocycles. The average Bonchev–Trinajstić information content (AvgIpc) is 2.69. The van der Waals surface area contributed by atoms with Crippen molar-refractivity contribution < 1.29 is 9.84 Å². The molecule has 2 fully saturated rings. The maximum absolute atomic E-state index is 9.59. The number of rotatable bonds is 5. The van der Waals surface area contributed by atoms with Crippen molar-refractivity contribution in [1.29, 1.82) is 0 Å². The van der Waals surface area contributed by atoms with Crippen LogP contribution in [0.4, 0.5) is 0 Å². The number of fused-ring (bicyclic) bond motifs is 1. The largest absolute Gasteiger partial charge is 0.489 e. The van der Waals surface area contributed by atoms with Crippen LogP contribution in [0, 0.1) is 0 Å². The van der Waals surface area contributed by atoms with Crippen LogP contribution in [0.15, 0.2) is 23.8 Å². The van der Waals surface area contributed by atoms with Crippen LogP contribution in [0.1, 0.15) is 44.1 Å². The smallest absolute Gasteiger partial charge is 0.127 e. The number of aliphatic hydroxyl groups is 1. The molecule has 0 radical (unpaired) electrons. The Hall–Kier alpha value is -1.07. The predicted molar refractivity (Wildman–Crippen MR) is 110 cm³/mol. The summed E-state index contributed by atoms with van der Waals surface area (Å²) in [6, 6.07) is 7.00. The lowest BCUT2D eigenvalue weighted by Gasteiger charge is -2.46. The Morgan fingerprint density at radius 1 is 1.15 bits per heavy atom. The van der Waals surface area contributed by atoms with Crippen molar-refractivity contribution in [2.24, 2.45) is 0 Å². The summed E-state index contributed by atoms with van der Waals surface area (Å²) < 4.78 is 5.92. The van der Waals surface area contributed by atoms with Crippen LogP contribution in [0.3, 0.4) is 0 Å². The quantitative estimate of drug-likeness (QED) is 0.829. The molecule has 0 unspecified atom stereocenters. The van der Waals surface area contributed by atoms with Gasteiger partial charge in [0.25, 0.3) is 0 Å². The third kappa shape index (κ3) is 4.68. The van der Waals surface area contributed by atoms with Crippen molar-refractivity contribution in [1.82, 2.24) is 9.80 Å². The van der Waals surface area contributed by atoms with Crippen molar-refractivity contribution >= 4 is 17.7 Å². The summed E-state index contributed by atoms with van der Waals surface area (Å²) >= 11 is 6.14. The van der Waals surface area contributed by atoms with Gasteiger partial charge in [0.05, 0.1) is 0 Å². The van der Waals surface area contributed by atoms with Gasteiger partial charge in [-0.2, -0.15) is 0 Å². The predicted octanol–water partition coefficient (Wildman–Crippen LogP) is 3.82. The lowest BCUT2D eigenvalue weighted by atomic mass is 9.91. The fraction of sp³-hybridized carbons (Fsp3) is 0.636. The molecular weight excluding hydrogens is 360 g/mol. The summed E-state index contributed by atoms with van der Waals surface area (Å²) in [5.74, 6) is 0.920. The summed E-state index contributed by atoms with van der Waals surface area (Å²) in [5.41, 5.74) is 2.38. The maximum atomic E-state index is 9.59.